The molecule has 1 aromatic heterocycles. The van der Waals surface area contributed by atoms with Crippen molar-refractivity contribution in [3.8, 4) is 0 Å². The van der Waals surface area contributed by atoms with E-state index in [0.29, 0.717) is 16.9 Å². The summed E-state index contributed by atoms with van der Waals surface area (Å²) in [6.45, 7) is 4.53. The van der Waals surface area contributed by atoms with Crippen LogP contribution in [0.1, 0.15) is 12.6 Å². The summed E-state index contributed by atoms with van der Waals surface area (Å²) >= 11 is 5.10. The first kappa shape index (κ1) is 15.1. The van der Waals surface area contributed by atoms with Crippen LogP contribution in [0, 0.1) is 12.7 Å². The monoisotopic (exact) mass is 305 g/mol. The van der Waals surface area contributed by atoms with Crippen LogP contribution in [-0.2, 0) is 0 Å². The Labute approximate surface area is 128 Å². The van der Waals surface area contributed by atoms with E-state index < -0.39 is 0 Å². The third-order valence-electron chi connectivity index (χ3n) is 2.53. The highest BCUT2D eigenvalue weighted by molar-refractivity contribution is 7.80. The molecule has 0 aliphatic heterocycles. The maximum Gasteiger partial charge on any atom is 0.231 e. The molecule has 0 radical (unpaired) electrons. The zero-order valence-electron chi connectivity index (χ0n) is 11.8. The highest BCUT2D eigenvalue weighted by Gasteiger charge is 2.04. The van der Waals surface area contributed by atoms with Gasteiger partial charge in [-0.3, -0.25) is 0 Å². The molecule has 2 aromatic rings. The maximum atomic E-state index is 12.9. The summed E-state index contributed by atoms with van der Waals surface area (Å²) in [5.74, 6) is 0.735. The van der Waals surface area contributed by atoms with Gasteiger partial charge in [-0.05, 0) is 50.3 Å². The summed E-state index contributed by atoms with van der Waals surface area (Å²) in [6, 6.07) is 7.85. The van der Waals surface area contributed by atoms with Crippen LogP contribution >= 0.6 is 12.2 Å². The van der Waals surface area contributed by atoms with E-state index >= 15 is 0 Å². The predicted octanol–water partition coefficient (Wildman–Crippen LogP) is 2.97. The van der Waals surface area contributed by atoms with Gasteiger partial charge >= 0.3 is 0 Å². The molecule has 2 rings (SSSR count). The van der Waals surface area contributed by atoms with E-state index in [4.69, 9.17) is 12.2 Å². The third-order valence-corrected chi connectivity index (χ3v) is 2.78. The number of nitrogens with one attached hydrogen (secondary N) is 3. The van der Waals surface area contributed by atoms with Gasteiger partial charge in [-0.2, -0.15) is 4.98 Å². The number of aromatic nitrogens is 2. The fourth-order valence-electron chi connectivity index (χ4n) is 1.68. The molecule has 0 aliphatic carbocycles. The standard InChI is InChI=1S/C14H16FN5S/c1-3-16-14(21)20-13-17-9(2)8-12(19-13)18-11-6-4-10(15)5-7-11/h4-8H,3H2,1-2H3,(H3,16,17,18,19,20,21). The second-order valence-electron chi connectivity index (χ2n) is 4.33. The molecule has 21 heavy (non-hydrogen) atoms. The highest BCUT2D eigenvalue weighted by Crippen LogP contribution is 2.17. The number of hydrogen-bond acceptors (Lipinski definition) is 4. The van der Waals surface area contributed by atoms with Gasteiger partial charge in [-0.15, -0.1) is 0 Å². The fourth-order valence-corrected chi connectivity index (χ4v) is 1.91. The normalized spacial score (nSPS) is 10.0. The van der Waals surface area contributed by atoms with Crippen molar-refractivity contribution in [1.82, 2.24) is 15.3 Å². The lowest BCUT2D eigenvalue weighted by Crippen LogP contribution is -2.28. The van der Waals surface area contributed by atoms with E-state index in [2.05, 4.69) is 25.9 Å². The molecule has 110 valence electrons. The summed E-state index contributed by atoms with van der Waals surface area (Å²) in [5.41, 5.74) is 1.53. The summed E-state index contributed by atoms with van der Waals surface area (Å²) < 4.78 is 12.9. The average molecular weight is 305 g/mol. The molecule has 0 spiro atoms. The maximum absolute atomic E-state index is 12.9. The van der Waals surface area contributed by atoms with Gasteiger partial charge in [-0.1, -0.05) is 0 Å². The summed E-state index contributed by atoms with van der Waals surface area (Å²) in [5, 5.41) is 9.45. The average Bonchev–Trinajstić information content (AvgIpc) is 2.41. The van der Waals surface area contributed by atoms with Crippen molar-refractivity contribution < 1.29 is 4.39 Å². The fraction of sp³-hybridized carbons (Fsp3) is 0.214. The van der Waals surface area contributed by atoms with E-state index in [1.165, 1.54) is 12.1 Å². The number of halogens is 1. The van der Waals surface area contributed by atoms with Crippen LogP contribution in [0.25, 0.3) is 0 Å². The largest absolute Gasteiger partial charge is 0.363 e. The quantitative estimate of drug-likeness (QED) is 0.755. The molecule has 0 atom stereocenters. The highest BCUT2D eigenvalue weighted by atomic mass is 32.1. The Bertz CT molecular complexity index is 630. The lowest BCUT2D eigenvalue weighted by atomic mass is 10.3. The van der Waals surface area contributed by atoms with Gasteiger partial charge in [0.05, 0.1) is 0 Å². The van der Waals surface area contributed by atoms with Crippen molar-refractivity contribution in [2.45, 2.75) is 13.8 Å². The van der Waals surface area contributed by atoms with E-state index in [-0.39, 0.29) is 5.82 Å². The molecule has 0 amide bonds. The molecule has 0 fully saturated rings. The van der Waals surface area contributed by atoms with E-state index in [9.17, 15) is 4.39 Å². The van der Waals surface area contributed by atoms with Crippen molar-refractivity contribution in [1.29, 1.82) is 0 Å². The Kier molecular flexibility index (Phi) is 4.99. The molecule has 0 saturated heterocycles. The van der Waals surface area contributed by atoms with Crippen molar-refractivity contribution >= 4 is 34.8 Å². The second kappa shape index (κ2) is 6.94. The SMILES string of the molecule is CCNC(=S)Nc1nc(C)cc(Nc2ccc(F)cc2)n1. The smallest absolute Gasteiger partial charge is 0.231 e. The topological polar surface area (TPSA) is 61.9 Å². The zero-order chi connectivity index (χ0) is 15.2. The number of anilines is 3. The van der Waals surface area contributed by atoms with Crippen LogP contribution in [0.3, 0.4) is 0 Å². The second-order valence-corrected chi connectivity index (χ2v) is 4.74. The van der Waals surface area contributed by atoms with Crippen molar-refractivity contribution in [2.24, 2.45) is 0 Å². The van der Waals surface area contributed by atoms with Gasteiger partial charge in [0.2, 0.25) is 5.95 Å². The zero-order valence-corrected chi connectivity index (χ0v) is 12.6. The number of benzene rings is 1. The van der Waals surface area contributed by atoms with E-state index in [1.807, 2.05) is 13.8 Å². The summed E-state index contributed by atoms with van der Waals surface area (Å²) in [4.78, 5) is 8.58. The first-order valence-electron chi connectivity index (χ1n) is 6.50. The molecule has 7 heteroatoms. The van der Waals surface area contributed by atoms with Gasteiger partial charge in [0.15, 0.2) is 5.11 Å². The molecule has 0 saturated carbocycles. The molecule has 0 aliphatic rings. The number of hydrogen-bond donors (Lipinski definition) is 3. The van der Waals surface area contributed by atoms with Gasteiger partial charge < -0.3 is 16.0 Å². The van der Waals surface area contributed by atoms with Crippen molar-refractivity contribution in [3.63, 3.8) is 0 Å². The lowest BCUT2D eigenvalue weighted by Gasteiger charge is -2.11. The molecular weight excluding hydrogens is 289 g/mol. The van der Waals surface area contributed by atoms with Gasteiger partial charge in [-0.25, -0.2) is 9.37 Å². The van der Waals surface area contributed by atoms with E-state index in [1.54, 1.807) is 18.2 Å². The molecule has 5 nitrogen and oxygen atoms in total. The van der Waals surface area contributed by atoms with Crippen LogP contribution in [0.4, 0.5) is 21.8 Å². The Morgan fingerprint density at radius 1 is 1.24 bits per heavy atom. The van der Waals surface area contributed by atoms with Crippen LogP contribution in [0.5, 0.6) is 0 Å². The Balaban J connectivity index is 2.14. The minimum Gasteiger partial charge on any atom is -0.363 e. The molecule has 1 heterocycles. The van der Waals surface area contributed by atoms with Crippen LogP contribution < -0.4 is 16.0 Å². The van der Waals surface area contributed by atoms with Crippen molar-refractivity contribution in [2.75, 3.05) is 17.2 Å². The number of thiocarbonyl (C=S) groups is 1. The third kappa shape index (κ3) is 4.64. The number of nitrogens with zero attached hydrogens (tertiary/aromatic N) is 2. The molecule has 3 N–H and O–H groups in total. The van der Waals surface area contributed by atoms with Crippen molar-refractivity contribution in [3.05, 3.63) is 41.8 Å². The molecular formula is C14H16FN5S. The van der Waals surface area contributed by atoms with Crippen LogP contribution in [0.15, 0.2) is 30.3 Å². The van der Waals surface area contributed by atoms with Gasteiger partial charge in [0.1, 0.15) is 11.6 Å². The van der Waals surface area contributed by atoms with Crippen LogP contribution in [-0.4, -0.2) is 21.6 Å². The Morgan fingerprint density at radius 2 is 1.95 bits per heavy atom. The first-order valence-corrected chi connectivity index (χ1v) is 6.91. The first-order chi connectivity index (χ1) is 10.1. The minimum atomic E-state index is -0.280. The number of aryl methyl sites for hydroxylation is 1. The number of rotatable bonds is 4. The Hall–Kier alpha value is -2.28. The van der Waals surface area contributed by atoms with Crippen LogP contribution in [0.2, 0.25) is 0 Å². The summed E-state index contributed by atoms with van der Waals surface area (Å²) in [7, 11) is 0. The predicted molar refractivity (Wildman–Crippen MR) is 86.3 cm³/mol. The van der Waals surface area contributed by atoms with Gasteiger partial charge in [0, 0.05) is 24.0 Å². The Morgan fingerprint density at radius 3 is 2.62 bits per heavy atom. The summed E-state index contributed by atoms with van der Waals surface area (Å²) in [6.07, 6.45) is 0. The molecule has 0 bridgehead atoms. The molecule has 1 aromatic carbocycles. The lowest BCUT2D eigenvalue weighted by molar-refractivity contribution is 0.628. The van der Waals surface area contributed by atoms with Gasteiger partial charge in [0.25, 0.3) is 0 Å². The molecule has 0 unspecified atom stereocenters. The van der Waals surface area contributed by atoms with E-state index in [0.717, 1.165) is 17.9 Å². The minimum absolute atomic E-state index is 0.280.